The van der Waals surface area contributed by atoms with E-state index in [1.165, 1.54) is 11.1 Å². The lowest BCUT2D eigenvalue weighted by Crippen LogP contribution is -2.60. The number of benzene rings is 1. The maximum absolute atomic E-state index is 10.6. The molecule has 0 radical (unpaired) electrons. The Hall–Kier alpha value is -1.52. The third-order valence-electron chi connectivity index (χ3n) is 7.14. The zero-order chi connectivity index (χ0) is 14.8. The van der Waals surface area contributed by atoms with Crippen molar-refractivity contribution < 1.29 is 14.9 Å². The second kappa shape index (κ2) is 3.36. The first-order chi connectivity index (χ1) is 10.6. The molecule has 7 atom stereocenters. The SMILES string of the molecule is CN1CC2C3Cc4ccc(O)c5c4[C@@]24C(C=C[C@H](O)[C@@H]4O5)[C@@H]31. The monoisotopic (exact) mass is 297 g/mol. The summed E-state index contributed by atoms with van der Waals surface area (Å²) in [5.74, 6) is 2.41. The molecule has 0 aromatic heterocycles. The molecule has 5 aliphatic rings. The summed E-state index contributed by atoms with van der Waals surface area (Å²) in [4.78, 5) is 2.49. The number of piperidine rings is 1. The van der Waals surface area contributed by atoms with Crippen LogP contribution in [0.15, 0.2) is 24.3 Å². The van der Waals surface area contributed by atoms with Crippen LogP contribution >= 0.6 is 0 Å². The normalized spacial score (nSPS) is 49.4. The van der Waals surface area contributed by atoms with Crippen LogP contribution in [0, 0.1) is 17.8 Å². The molecule has 4 heteroatoms. The fourth-order valence-corrected chi connectivity index (χ4v) is 6.68. The highest BCUT2D eigenvalue weighted by atomic mass is 16.5. The molecular weight excluding hydrogens is 278 g/mol. The van der Waals surface area contributed by atoms with E-state index in [0.717, 1.165) is 13.0 Å². The second-order valence-electron chi connectivity index (χ2n) is 7.73. The molecular formula is C18H19NO3. The maximum atomic E-state index is 10.6. The van der Waals surface area contributed by atoms with Gasteiger partial charge in [0.15, 0.2) is 11.5 Å². The molecule has 2 N–H and O–H groups in total. The quantitative estimate of drug-likeness (QED) is 0.703. The highest BCUT2D eigenvalue weighted by molar-refractivity contribution is 5.63. The molecule has 1 aromatic carbocycles. The van der Waals surface area contributed by atoms with E-state index in [-0.39, 0.29) is 17.3 Å². The van der Waals surface area contributed by atoms with Gasteiger partial charge in [-0.05, 0) is 36.9 Å². The van der Waals surface area contributed by atoms with E-state index < -0.39 is 6.10 Å². The molecule has 1 saturated heterocycles. The van der Waals surface area contributed by atoms with Crippen LogP contribution in [0.25, 0.3) is 0 Å². The number of hydrogen-bond acceptors (Lipinski definition) is 4. The van der Waals surface area contributed by atoms with E-state index in [0.29, 0.717) is 29.5 Å². The van der Waals surface area contributed by atoms with Crippen LogP contribution in [0.5, 0.6) is 11.5 Å². The molecule has 6 rings (SSSR count). The fraction of sp³-hybridized carbons (Fsp3) is 0.556. The average Bonchev–Trinajstić information content (AvgIpc) is 3.07. The van der Waals surface area contributed by atoms with E-state index in [1.807, 2.05) is 6.08 Å². The third kappa shape index (κ3) is 0.965. The predicted octanol–water partition coefficient (Wildman–Crippen LogP) is 1.05. The van der Waals surface area contributed by atoms with Gasteiger partial charge in [0.25, 0.3) is 0 Å². The molecule has 3 unspecified atom stereocenters. The van der Waals surface area contributed by atoms with Crippen LogP contribution in [-0.2, 0) is 11.8 Å². The third-order valence-corrected chi connectivity index (χ3v) is 7.14. The Kier molecular flexibility index (Phi) is 1.83. The van der Waals surface area contributed by atoms with Gasteiger partial charge >= 0.3 is 0 Å². The van der Waals surface area contributed by atoms with Crippen molar-refractivity contribution in [3.63, 3.8) is 0 Å². The molecule has 2 aliphatic heterocycles. The summed E-state index contributed by atoms with van der Waals surface area (Å²) in [5, 5.41) is 20.9. The number of aromatic hydroxyl groups is 1. The standard InChI is InChI=1S/C18H19NO3/c1-19-7-11-9-6-8-2-4-12(20)16-14(8)18(11)10(15(9)19)3-5-13(21)17(18)22-16/h2-5,9-11,13,15,17,20-21H,6-7H2,1H3/t9?,10?,11?,13-,15+,17-,18+/m0/s1. The molecule has 1 aromatic rings. The molecule has 1 spiro atoms. The second-order valence-corrected chi connectivity index (χ2v) is 7.73. The van der Waals surface area contributed by atoms with Crippen molar-refractivity contribution in [2.75, 3.05) is 13.6 Å². The molecule has 2 heterocycles. The van der Waals surface area contributed by atoms with Crippen molar-refractivity contribution in [1.82, 2.24) is 4.90 Å². The van der Waals surface area contributed by atoms with Crippen molar-refractivity contribution in [2.45, 2.75) is 30.1 Å². The molecule has 3 aliphatic carbocycles. The minimum Gasteiger partial charge on any atom is -0.504 e. The predicted molar refractivity (Wildman–Crippen MR) is 79.9 cm³/mol. The zero-order valence-corrected chi connectivity index (χ0v) is 12.4. The van der Waals surface area contributed by atoms with Crippen LogP contribution in [0.3, 0.4) is 0 Å². The smallest absolute Gasteiger partial charge is 0.165 e. The summed E-state index contributed by atoms with van der Waals surface area (Å²) >= 11 is 0. The van der Waals surface area contributed by atoms with Gasteiger partial charge in [0.05, 0.1) is 5.41 Å². The average molecular weight is 297 g/mol. The van der Waals surface area contributed by atoms with Gasteiger partial charge < -0.3 is 19.8 Å². The molecule has 2 fully saturated rings. The minimum atomic E-state index is -0.584. The van der Waals surface area contributed by atoms with Crippen LogP contribution in [0.2, 0.25) is 0 Å². The van der Waals surface area contributed by atoms with E-state index in [4.69, 9.17) is 4.74 Å². The Labute approximate surface area is 129 Å². The number of ether oxygens (including phenoxy) is 1. The largest absolute Gasteiger partial charge is 0.504 e. The summed E-state index contributed by atoms with van der Waals surface area (Å²) in [6, 6.07) is 4.36. The van der Waals surface area contributed by atoms with Gasteiger partial charge in [-0.3, -0.25) is 0 Å². The van der Waals surface area contributed by atoms with E-state index in [1.54, 1.807) is 6.07 Å². The number of phenolic OH excluding ortho intramolecular Hbond substituents is 1. The number of hydrogen-bond donors (Lipinski definition) is 2. The van der Waals surface area contributed by atoms with E-state index in [2.05, 4.69) is 24.1 Å². The topological polar surface area (TPSA) is 52.9 Å². The number of likely N-dealkylation sites (tertiary alicyclic amines) is 1. The number of aliphatic hydroxyl groups is 1. The van der Waals surface area contributed by atoms with Gasteiger partial charge in [0, 0.05) is 24.1 Å². The van der Waals surface area contributed by atoms with Gasteiger partial charge in [-0.15, -0.1) is 0 Å². The van der Waals surface area contributed by atoms with Crippen LogP contribution < -0.4 is 4.74 Å². The Morgan fingerprint density at radius 2 is 2.18 bits per heavy atom. The number of phenols is 1. The number of nitrogens with zero attached hydrogens (tertiary/aromatic N) is 1. The number of rotatable bonds is 0. The minimum absolute atomic E-state index is 0.127. The molecule has 4 bridgehead atoms. The lowest BCUT2D eigenvalue weighted by atomic mass is 9.56. The first-order valence-corrected chi connectivity index (χ1v) is 8.22. The van der Waals surface area contributed by atoms with Gasteiger partial charge in [-0.1, -0.05) is 18.2 Å². The summed E-state index contributed by atoms with van der Waals surface area (Å²) in [6.45, 7) is 1.07. The van der Waals surface area contributed by atoms with Crippen molar-refractivity contribution >= 4 is 0 Å². The summed E-state index contributed by atoms with van der Waals surface area (Å²) < 4.78 is 6.18. The number of aliphatic hydroxyl groups excluding tert-OH is 1. The molecule has 22 heavy (non-hydrogen) atoms. The van der Waals surface area contributed by atoms with Crippen LogP contribution in [-0.4, -0.2) is 47.0 Å². The highest BCUT2D eigenvalue weighted by Crippen LogP contribution is 2.71. The van der Waals surface area contributed by atoms with Gasteiger partial charge in [-0.2, -0.15) is 0 Å². The first kappa shape index (κ1) is 12.0. The van der Waals surface area contributed by atoms with Gasteiger partial charge in [0.1, 0.15) is 12.2 Å². The lowest BCUT2D eigenvalue weighted by molar-refractivity contribution is -0.0266. The summed E-state index contributed by atoms with van der Waals surface area (Å²) in [7, 11) is 2.22. The Bertz CT molecular complexity index is 744. The fourth-order valence-electron chi connectivity index (χ4n) is 6.68. The lowest BCUT2D eigenvalue weighted by Gasteiger charge is -2.49. The van der Waals surface area contributed by atoms with Crippen molar-refractivity contribution in [3.05, 3.63) is 35.4 Å². The molecule has 114 valence electrons. The van der Waals surface area contributed by atoms with Crippen molar-refractivity contribution in [3.8, 4) is 11.5 Å². The van der Waals surface area contributed by atoms with E-state index >= 15 is 0 Å². The van der Waals surface area contributed by atoms with Crippen molar-refractivity contribution in [1.29, 1.82) is 0 Å². The summed E-state index contributed by atoms with van der Waals surface area (Å²) in [5.41, 5.74) is 2.40. The molecule has 1 saturated carbocycles. The Morgan fingerprint density at radius 3 is 3.05 bits per heavy atom. The molecule has 0 amide bonds. The van der Waals surface area contributed by atoms with Crippen LogP contribution in [0.1, 0.15) is 11.1 Å². The van der Waals surface area contributed by atoms with E-state index in [9.17, 15) is 10.2 Å². The first-order valence-electron chi connectivity index (χ1n) is 8.22. The zero-order valence-electron chi connectivity index (χ0n) is 12.4. The van der Waals surface area contributed by atoms with Gasteiger partial charge in [0.2, 0.25) is 0 Å². The van der Waals surface area contributed by atoms with Gasteiger partial charge in [-0.25, -0.2) is 0 Å². The highest BCUT2D eigenvalue weighted by Gasteiger charge is 2.75. The number of fused-ring (bicyclic) bond motifs is 1. The summed E-state index contributed by atoms with van der Waals surface area (Å²) in [6.07, 6.45) is 4.38. The Balaban J connectivity index is 1.73. The Morgan fingerprint density at radius 1 is 1.32 bits per heavy atom. The van der Waals surface area contributed by atoms with Crippen molar-refractivity contribution in [2.24, 2.45) is 17.8 Å². The van der Waals surface area contributed by atoms with Crippen LogP contribution in [0.4, 0.5) is 0 Å². The molecule has 4 nitrogen and oxygen atoms in total. The maximum Gasteiger partial charge on any atom is 0.165 e.